The van der Waals surface area contributed by atoms with Crippen molar-refractivity contribution >= 4 is 6.21 Å². The highest BCUT2D eigenvalue weighted by molar-refractivity contribution is 5.83. The number of hydrogen-bond acceptors (Lipinski definition) is 2. The van der Waals surface area contributed by atoms with E-state index in [9.17, 15) is 0 Å². The molecule has 0 aromatic rings. The normalized spacial score (nSPS) is 11.8. The fourth-order valence-electron chi connectivity index (χ4n) is 0.267. The first kappa shape index (κ1) is 6.77. The van der Waals surface area contributed by atoms with E-state index in [1.54, 1.807) is 7.05 Å². The van der Waals surface area contributed by atoms with E-state index in [1.807, 2.05) is 0 Å². The van der Waals surface area contributed by atoms with Gasteiger partial charge < -0.3 is 5.73 Å². The van der Waals surface area contributed by atoms with Gasteiger partial charge in [0.1, 0.15) is 0 Å². The topological polar surface area (TPSA) is 38.4 Å². The molecule has 0 aromatic carbocycles. The average Bonchev–Trinajstić information content (AvgIpc) is 1.83. The Labute approximate surface area is 49.1 Å². The summed E-state index contributed by atoms with van der Waals surface area (Å²) in [6.45, 7) is 0. The summed E-state index contributed by atoms with van der Waals surface area (Å²) >= 11 is 0. The van der Waals surface area contributed by atoms with Gasteiger partial charge in [-0.05, 0) is 0 Å². The van der Waals surface area contributed by atoms with Gasteiger partial charge >= 0.3 is 0 Å². The molecule has 0 amide bonds. The first-order chi connectivity index (χ1) is 3.85. The van der Waals surface area contributed by atoms with Crippen molar-refractivity contribution in [2.24, 2.45) is 10.7 Å². The predicted octanol–water partition coefficient (Wildman–Crippen LogP) is 0.163. The van der Waals surface area contributed by atoms with E-state index in [0.717, 1.165) is 0 Å². The second kappa shape index (κ2) is 3.94. The minimum Gasteiger partial charge on any atom is -0.404 e. The van der Waals surface area contributed by atoms with Crippen molar-refractivity contribution in [3.8, 4) is 12.3 Å². The first-order valence-electron chi connectivity index (χ1n) is 2.15. The maximum atomic E-state index is 5.07. The predicted molar refractivity (Wildman–Crippen MR) is 35.5 cm³/mol. The van der Waals surface area contributed by atoms with Crippen LogP contribution < -0.4 is 5.73 Å². The molecule has 0 aliphatic rings. The zero-order chi connectivity index (χ0) is 6.41. The van der Waals surface area contributed by atoms with Gasteiger partial charge in [0, 0.05) is 19.5 Å². The Morgan fingerprint density at radius 1 is 1.88 bits per heavy atom. The molecule has 0 radical (unpaired) electrons. The summed E-state index contributed by atoms with van der Waals surface area (Å²) < 4.78 is 0. The summed E-state index contributed by atoms with van der Waals surface area (Å²) in [5.74, 6) is 2.34. The molecule has 0 unspecified atom stereocenters. The lowest BCUT2D eigenvalue weighted by Crippen LogP contribution is -1.86. The van der Waals surface area contributed by atoms with E-state index in [4.69, 9.17) is 12.2 Å². The van der Waals surface area contributed by atoms with Gasteiger partial charge in [-0.2, -0.15) is 0 Å². The standard InChI is InChI=1S/C6H8N2/c1-3-6(4-7)5-8-2/h1,4-5H,7H2,2H3. The summed E-state index contributed by atoms with van der Waals surface area (Å²) in [4.78, 5) is 3.66. The van der Waals surface area contributed by atoms with Crippen LogP contribution in [0.3, 0.4) is 0 Å². The third kappa shape index (κ3) is 2.04. The third-order valence-electron chi connectivity index (χ3n) is 0.614. The van der Waals surface area contributed by atoms with Crippen LogP contribution in [0.5, 0.6) is 0 Å². The summed E-state index contributed by atoms with van der Waals surface area (Å²) in [5, 5.41) is 0. The zero-order valence-electron chi connectivity index (χ0n) is 4.76. The molecule has 0 heterocycles. The molecule has 2 heteroatoms. The first-order valence-corrected chi connectivity index (χ1v) is 2.15. The van der Waals surface area contributed by atoms with Crippen LogP contribution in [0.4, 0.5) is 0 Å². The SMILES string of the molecule is C#CC(C=NC)=CN. The molecule has 0 bridgehead atoms. The Kier molecular flexibility index (Phi) is 3.34. The molecule has 8 heavy (non-hydrogen) atoms. The highest BCUT2D eigenvalue weighted by Gasteiger charge is 1.77. The van der Waals surface area contributed by atoms with E-state index in [2.05, 4.69) is 10.9 Å². The minimum absolute atomic E-state index is 0.604. The molecule has 0 aliphatic carbocycles. The maximum Gasteiger partial charge on any atom is 0.0575 e. The van der Waals surface area contributed by atoms with Crippen molar-refractivity contribution in [3.05, 3.63) is 11.8 Å². The second-order valence-corrected chi connectivity index (χ2v) is 1.15. The molecule has 2 N–H and O–H groups in total. The van der Waals surface area contributed by atoms with E-state index >= 15 is 0 Å². The number of allylic oxidation sites excluding steroid dienone is 1. The summed E-state index contributed by atoms with van der Waals surface area (Å²) in [6, 6.07) is 0. The molecular weight excluding hydrogens is 100 g/mol. The van der Waals surface area contributed by atoms with Gasteiger partial charge in [0.15, 0.2) is 0 Å². The third-order valence-corrected chi connectivity index (χ3v) is 0.614. The molecule has 0 saturated heterocycles. The Balaban J connectivity index is 3.98. The highest BCUT2D eigenvalue weighted by Crippen LogP contribution is 1.79. The number of rotatable bonds is 1. The molecule has 42 valence electrons. The van der Waals surface area contributed by atoms with Gasteiger partial charge in [-0.1, -0.05) is 5.92 Å². The molecule has 0 fully saturated rings. The number of nitrogens with two attached hydrogens (primary N) is 1. The quantitative estimate of drug-likeness (QED) is 0.377. The van der Waals surface area contributed by atoms with E-state index in [0.29, 0.717) is 5.57 Å². The summed E-state index contributed by atoms with van der Waals surface area (Å²) in [6.07, 6.45) is 7.85. The molecule has 2 nitrogen and oxygen atoms in total. The van der Waals surface area contributed by atoms with E-state index in [1.165, 1.54) is 12.4 Å². The van der Waals surface area contributed by atoms with Crippen molar-refractivity contribution < 1.29 is 0 Å². The molecule has 0 atom stereocenters. The van der Waals surface area contributed by atoms with Crippen LogP contribution in [0.1, 0.15) is 0 Å². The smallest absolute Gasteiger partial charge is 0.0575 e. The molecule has 0 aliphatic heterocycles. The van der Waals surface area contributed by atoms with E-state index < -0.39 is 0 Å². The van der Waals surface area contributed by atoms with Crippen LogP contribution in [0.2, 0.25) is 0 Å². The Morgan fingerprint density at radius 2 is 2.50 bits per heavy atom. The van der Waals surface area contributed by atoms with Gasteiger partial charge in [-0.25, -0.2) is 0 Å². The Bertz CT molecular complexity index is 148. The molecular formula is C6H8N2. The molecule has 0 spiro atoms. The fraction of sp³-hybridized carbons (Fsp3) is 0.167. The van der Waals surface area contributed by atoms with Crippen molar-refractivity contribution in [1.82, 2.24) is 0 Å². The van der Waals surface area contributed by atoms with Crippen molar-refractivity contribution in [3.63, 3.8) is 0 Å². The molecule has 0 saturated carbocycles. The molecule has 0 aromatic heterocycles. The van der Waals surface area contributed by atoms with Crippen molar-refractivity contribution in [1.29, 1.82) is 0 Å². The van der Waals surface area contributed by atoms with Crippen LogP contribution in [0.25, 0.3) is 0 Å². The monoisotopic (exact) mass is 108 g/mol. The van der Waals surface area contributed by atoms with Crippen LogP contribution >= 0.6 is 0 Å². The van der Waals surface area contributed by atoms with Crippen molar-refractivity contribution in [2.75, 3.05) is 7.05 Å². The van der Waals surface area contributed by atoms with Crippen LogP contribution in [0.15, 0.2) is 16.8 Å². The summed E-state index contributed by atoms with van der Waals surface area (Å²) in [7, 11) is 1.64. The van der Waals surface area contributed by atoms with Gasteiger partial charge in [0.2, 0.25) is 0 Å². The van der Waals surface area contributed by atoms with E-state index in [-0.39, 0.29) is 0 Å². The summed E-state index contributed by atoms with van der Waals surface area (Å²) in [5.41, 5.74) is 5.68. The minimum atomic E-state index is 0.604. The number of hydrogen-bond donors (Lipinski definition) is 1. The lowest BCUT2D eigenvalue weighted by molar-refractivity contribution is 1.46. The van der Waals surface area contributed by atoms with Gasteiger partial charge in [-0.3, -0.25) is 4.99 Å². The average molecular weight is 108 g/mol. The Hall–Kier alpha value is -1.23. The number of terminal acetylenes is 1. The number of nitrogens with zero attached hydrogens (tertiary/aromatic N) is 1. The van der Waals surface area contributed by atoms with Gasteiger partial charge in [0.25, 0.3) is 0 Å². The van der Waals surface area contributed by atoms with Gasteiger partial charge in [-0.15, -0.1) is 6.42 Å². The maximum absolute atomic E-state index is 5.07. The molecule has 0 rings (SSSR count). The highest BCUT2D eigenvalue weighted by atomic mass is 14.6. The second-order valence-electron chi connectivity index (χ2n) is 1.15. The lowest BCUT2D eigenvalue weighted by Gasteiger charge is -1.80. The Morgan fingerprint density at radius 3 is 2.62 bits per heavy atom. The van der Waals surface area contributed by atoms with Crippen LogP contribution in [0, 0.1) is 12.3 Å². The lowest BCUT2D eigenvalue weighted by atomic mass is 10.3. The zero-order valence-corrected chi connectivity index (χ0v) is 4.76. The van der Waals surface area contributed by atoms with Crippen LogP contribution in [-0.4, -0.2) is 13.3 Å². The van der Waals surface area contributed by atoms with Crippen molar-refractivity contribution in [2.45, 2.75) is 0 Å². The largest absolute Gasteiger partial charge is 0.404 e. The van der Waals surface area contributed by atoms with Crippen LogP contribution in [-0.2, 0) is 0 Å². The van der Waals surface area contributed by atoms with Gasteiger partial charge in [0.05, 0.1) is 5.57 Å². The fourth-order valence-corrected chi connectivity index (χ4v) is 0.267. The number of aliphatic imine (C=N–C) groups is 1.